The summed E-state index contributed by atoms with van der Waals surface area (Å²) >= 11 is 3.32. The molecule has 1 aliphatic heterocycles. The molecule has 0 radical (unpaired) electrons. The van der Waals surface area contributed by atoms with Crippen molar-refractivity contribution in [3.63, 3.8) is 0 Å². The zero-order chi connectivity index (χ0) is 13.4. The molecule has 3 nitrogen and oxygen atoms in total. The van der Waals surface area contributed by atoms with Gasteiger partial charge in [0, 0.05) is 13.1 Å². The van der Waals surface area contributed by atoms with Gasteiger partial charge in [0.25, 0.3) is 0 Å². The lowest BCUT2D eigenvalue weighted by Crippen LogP contribution is -2.49. The van der Waals surface area contributed by atoms with Gasteiger partial charge in [-0.2, -0.15) is 0 Å². The molecule has 104 valence electrons. The van der Waals surface area contributed by atoms with Crippen molar-refractivity contribution in [2.24, 2.45) is 5.73 Å². The molecule has 19 heavy (non-hydrogen) atoms. The maximum absolute atomic E-state index is 14.5. The Bertz CT molecular complexity index is 483. The smallest absolute Gasteiger partial charge is 0.160 e. The summed E-state index contributed by atoms with van der Waals surface area (Å²) in [4.78, 5) is 2.17. The summed E-state index contributed by atoms with van der Waals surface area (Å²) in [5.41, 5.74) is 7.08. The third kappa shape index (κ3) is 2.28. The van der Waals surface area contributed by atoms with Gasteiger partial charge in [0.15, 0.2) is 5.82 Å². The summed E-state index contributed by atoms with van der Waals surface area (Å²) in [7, 11) is 0. The second-order valence-corrected chi connectivity index (χ2v) is 5.97. The summed E-state index contributed by atoms with van der Waals surface area (Å²) in [5.74, 6) is -0.199. The molecule has 2 atom stereocenters. The molecule has 2 N–H and O–H groups in total. The third-order valence-corrected chi connectivity index (χ3v) is 5.01. The van der Waals surface area contributed by atoms with Crippen LogP contribution in [0.4, 0.5) is 10.1 Å². The number of fused-ring (bicyclic) bond motifs is 1. The molecule has 1 aliphatic carbocycles. The Hall–Kier alpha value is -0.650. The van der Waals surface area contributed by atoms with E-state index in [1.807, 2.05) is 12.1 Å². The van der Waals surface area contributed by atoms with E-state index >= 15 is 0 Å². The Balaban J connectivity index is 1.95. The van der Waals surface area contributed by atoms with Crippen LogP contribution in [0.3, 0.4) is 0 Å². The summed E-state index contributed by atoms with van der Waals surface area (Å²) in [5, 5.41) is 0. The van der Waals surface area contributed by atoms with Gasteiger partial charge in [0.2, 0.25) is 0 Å². The van der Waals surface area contributed by atoms with Gasteiger partial charge in [0.05, 0.1) is 28.9 Å². The maximum atomic E-state index is 14.5. The summed E-state index contributed by atoms with van der Waals surface area (Å²) in [6.45, 7) is 1.77. The SMILES string of the molecule is NCc1ccc(N2CCOC3CCCC32)c(F)c1Br. The molecule has 1 heterocycles. The number of rotatable bonds is 2. The van der Waals surface area contributed by atoms with Gasteiger partial charge < -0.3 is 15.4 Å². The topological polar surface area (TPSA) is 38.5 Å². The molecular formula is C14H18BrFN2O. The molecule has 5 heteroatoms. The van der Waals surface area contributed by atoms with Gasteiger partial charge in [-0.1, -0.05) is 6.07 Å². The third-order valence-electron chi connectivity index (χ3n) is 4.15. The summed E-state index contributed by atoms with van der Waals surface area (Å²) in [6.07, 6.45) is 3.60. The number of hydrogen-bond donors (Lipinski definition) is 1. The monoisotopic (exact) mass is 328 g/mol. The van der Waals surface area contributed by atoms with Crippen LogP contribution in [0.25, 0.3) is 0 Å². The number of morpholine rings is 1. The first-order valence-electron chi connectivity index (χ1n) is 6.77. The fourth-order valence-corrected chi connectivity index (χ4v) is 3.68. The van der Waals surface area contributed by atoms with E-state index in [1.54, 1.807) is 0 Å². The first kappa shape index (κ1) is 13.3. The largest absolute Gasteiger partial charge is 0.374 e. The van der Waals surface area contributed by atoms with Crippen molar-refractivity contribution in [1.82, 2.24) is 0 Å². The predicted octanol–water partition coefficient (Wildman–Crippen LogP) is 2.80. The average Bonchev–Trinajstić information content (AvgIpc) is 2.90. The zero-order valence-electron chi connectivity index (χ0n) is 10.7. The van der Waals surface area contributed by atoms with E-state index in [9.17, 15) is 4.39 Å². The Morgan fingerprint density at radius 1 is 1.42 bits per heavy atom. The van der Waals surface area contributed by atoms with Crippen molar-refractivity contribution in [3.05, 3.63) is 28.0 Å². The highest BCUT2D eigenvalue weighted by atomic mass is 79.9. The Morgan fingerprint density at radius 3 is 3.05 bits per heavy atom. The Labute approximate surface area is 121 Å². The molecule has 2 fully saturated rings. The van der Waals surface area contributed by atoms with E-state index < -0.39 is 0 Å². The molecule has 0 amide bonds. The molecule has 1 saturated carbocycles. The van der Waals surface area contributed by atoms with Crippen LogP contribution in [-0.4, -0.2) is 25.3 Å². The van der Waals surface area contributed by atoms with E-state index in [2.05, 4.69) is 20.8 Å². The zero-order valence-corrected chi connectivity index (χ0v) is 12.3. The van der Waals surface area contributed by atoms with Crippen LogP contribution < -0.4 is 10.6 Å². The van der Waals surface area contributed by atoms with Crippen LogP contribution in [0.5, 0.6) is 0 Å². The number of hydrogen-bond acceptors (Lipinski definition) is 3. The van der Waals surface area contributed by atoms with Gasteiger partial charge >= 0.3 is 0 Å². The van der Waals surface area contributed by atoms with Gasteiger partial charge in [-0.15, -0.1) is 0 Å². The van der Waals surface area contributed by atoms with Crippen molar-refractivity contribution in [1.29, 1.82) is 0 Å². The number of nitrogens with two attached hydrogens (primary N) is 1. The van der Waals surface area contributed by atoms with Crippen LogP contribution >= 0.6 is 15.9 Å². The van der Waals surface area contributed by atoms with Gasteiger partial charge in [-0.25, -0.2) is 4.39 Å². The highest BCUT2D eigenvalue weighted by Crippen LogP contribution is 2.36. The Kier molecular flexibility index (Phi) is 3.78. The van der Waals surface area contributed by atoms with Crippen molar-refractivity contribution in [3.8, 4) is 0 Å². The highest BCUT2D eigenvalue weighted by molar-refractivity contribution is 9.10. The summed E-state index contributed by atoms with van der Waals surface area (Å²) < 4.78 is 20.8. The van der Waals surface area contributed by atoms with E-state index in [0.29, 0.717) is 29.4 Å². The van der Waals surface area contributed by atoms with Gasteiger partial charge in [-0.3, -0.25) is 0 Å². The average molecular weight is 329 g/mol. The van der Waals surface area contributed by atoms with Crippen molar-refractivity contribution in [2.75, 3.05) is 18.1 Å². The number of ether oxygens (including phenoxy) is 1. The minimum atomic E-state index is -0.199. The fraction of sp³-hybridized carbons (Fsp3) is 0.571. The second kappa shape index (κ2) is 5.38. The molecule has 1 aromatic carbocycles. The van der Waals surface area contributed by atoms with E-state index in [4.69, 9.17) is 10.5 Å². The molecule has 1 saturated heterocycles. The molecule has 3 rings (SSSR count). The minimum Gasteiger partial charge on any atom is -0.374 e. The lowest BCUT2D eigenvalue weighted by atomic mass is 10.1. The highest BCUT2D eigenvalue weighted by Gasteiger charge is 2.37. The van der Waals surface area contributed by atoms with Gasteiger partial charge in [0.1, 0.15) is 0 Å². The molecule has 0 bridgehead atoms. The molecule has 0 spiro atoms. The normalized spacial score (nSPS) is 26.6. The Morgan fingerprint density at radius 2 is 2.26 bits per heavy atom. The molecule has 0 aromatic heterocycles. The molecule has 2 unspecified atom stereocenters. The fourth-order valence-electron chi connectivity index (χ4n) is 3.18. The predicted molar refractivity (Wildman–Crippen MR) is 76.7 cm³/mol. The van der Waals surface area contributed by atoms with Crippen LogP contribution in [0, 0.1) is 5.82 Å². The van der Waals surface area contributed by atoms with E-state index in [-0.39, 0.29) is 11.9 Å². The number of anilines is 1. The van der Waals surface area contributed by atoms with Crippen LogP contribution in [-0.2, 0) is 11.3 Å². The van der Waals surface area contributed by atoms with Crippen LogP contribution in [0.15, 0.2) is 16.6 Å². The first-order chi connectivity index (χ1) is 9.22. The van der Waals surface area contributed by atoms with Gasteiger partial charge in [-0.05, 0) is 46.8 Å². The lowest BCUT2D eigenvalue weighted by molar-refractivity contribution is 0.0254. The number of benzene rings is 1. The molecule has 2 aliphatic rings. The van der Waals surface area contributed by atoms with Crippen molar-refractivity contribution in [2.45, 2.75) is 38.0 Å². The van der Waals surface area contributed by atoms with Crippen molar-refractivity contribution >= 4 is 21.6 Å². The molecular weight excluding hydrogens is 311 g/mol. The lowest BCUT2D eigenvalue weighted by Gasteiger charge is -2.39. The number of halogens is 2. The van der Waals surface area contributed by atoms with Crippen LogP contribution in [0.2, 0.25) is 0 Å². The van der Waals surface area contributed by atoms with E-state index in [1.165, 1.54) is 0 Å². The van der Waals surface area contributed by atoms with Crippen LogP contribution in [0.1, 0.15) is 24.8 Å². The second-order valence-electron chi connectivity index (χ2n) is 5.18. The first-order valence-corrected chi connectivity index (χ1v) is 7.57. The van der Waals surface area contributed by atoms with E-state index in [0.717, 1.165) is 31.4 Å². The van der Waals surface area contributed by atoms with Crippen molar-refractivity contribution < 1.29 is 9.13 Å². The number of nitrogens with zero attached hydrogens (tertiary/aromatic N) is 1. The maximum Gasteiger partial charge on any atom is 0.160 e. The molecule has 1 aromatic rings. The minimum absolute atomic E-state index is 0.199. The summed E-state index contributed by atoms with van der Waals surface area (Å²) in [6, 6.07) is 4.07. The standard InChI is InChI=1S/C14H18BrFN2O/c15-13-9(8-17)4-5-11(14(13)16)18-6-7-19-12-3-1-2-10(12)18/h4-5,10,12H,1-3,6-8,17H2. The quantitative estimate of drug-likeness (QED) is 0.907.